The lowest BCUT2D eigenvalue weighted by Gasteiger charge is -2.08. The Morgan fingerprint density at radius 3 is 2.68 bits per heavy atom. The summed E-state index contributed by atoms with van der Waals surface area (Å²) in [4.78, 5) is 12.6. The second-order valence-electron chi connectivity index (χ2n) is 6.29. The molecule has 3 aromatic rings. The zero-order valence-electron chi connectivity index (χ0n) is 15.1. The summed E-state index contributed by atoms with van der Waals surface area (Å²) in [7, 11) is 1.63. The van der Waals surface area contributed by atoms with Crippen LogP contribution in [0.1, 0.15) is 21.5 Å². The van der Waals surface area contributed by atoms with E-state index in [-0.39, 0.29) is 11.5 Å². The number of ether oxygens (including phenoxy) is 3. The number of hydrogen-bond donors (Lipinski definition) is 0. The van der Waals surface area contributed by atoms with Gasteiger partial charge < -0.3 is 14.2 Å². The van der Waals surface area contributed by atoms with Crippen LogP contribution < -0.4 is 14.2 Å². The van der Waals surface area contributed by atoms with E-state index in [2.05, 4.69) is 0 Å². The number of ketones is 1. The van der Waals surface area contributed by atoms with Crippen LogP contribution in [0.5, 0.6) is 17.2 Å². The number of rotatable bonds is 5. The summed E-state index contributed by atoms with van der Waals surface area (Å²) in [6.07, 6.45) is 1.69. The Balaban J connectivity index is 1.50. The first-order chi connectivity index (χ1) is 13.6. The van der Waals surface area contributed by atoms with Gasteiger partial charge in [-0.3, -0.25) is 4.79 Å². The molecule has 0 N–H and O–H groups in total. The van der Waals surface area contributed by atoms with Crippen LogP contribution in [-0.2, 0) is 6.61 Å². The van der Waals surface area contributed by atoms with Gasteiger partial charge in [0, 0.05) is 11.1 Å². The number of allylic oxidation sites excluding steroid dienone is 1. The van der Waals surface area contributed by atoms with Crippen molar-refractivity contribution in [3.63, 3.8) is 0 Å². The summed E-state index contributed by atoms with van der Waals surface area (Å²) in [5.74, 6) is 2.00. The summed E-state index contributed by atoms with van der Waals surface area (Å²) in [6.45, 7) is 0.384. The van der Waals surface area contributed by atoms with Crippen molar-refractivity contribution in [2.75, 3.05) is 7.11 Å². The topological polar surface area (TPSA) is 44.8 Å². The minimum Gasteiger partial charge on any atom is -0.497 e. The number of Topliss-reactive ketones (excluding diaryl/α,β-unsaturated/α-hetero) is 1. The number of halogens is 1. The van der Waals surface area contributed by atoms with E-state index in [9.17, 15) is 4.79 Å². The highest BCUT2D eigenvalue weighted by molar-refractivity contribution is 6.30. The van der Waals surface area contributed by atoms with Crippen LogP contribution in [0.2, 0.25) is 5.02 Å². The molecular weight excluding hydrogens is 376 g/mol. The van der Waals surface area contributed by atoms with E-state index in [1.165, 1.54) is 0 Å². The van der Waals surface area contributed by atoms with E-state index >= 15 is 0 Å². The molecule has 0 saturated heterocycles. The fraction of sp³-hybridized carbons (Fsp3) is 0.0870. The fourth-order valence-corrected chi connectivity index (χ4v) is 3.13. The first-order valence-corrected chi connectivity index (χ1v) is 9.10. The molecule has 1 aliphatic heterocycles. The maximum absolute atomic E-state index is 12.6. The third-order valence-electron chi connectivity index (χ3n) is 4.33. The minimum atomic E-state index is -0.158. The zero-order valence-corrected chi connectivity index (χ0v) is 15.9. The molecule has 0 atom stereocenters. The van der Waals surface area contributed by atoms with Gasteiger partial charge in [-0.2, -0.15) is 0 Å². The largest absolute Gasteiger partial charge is 0.497 e. The second-order valence-corrected chi connectivity index (χ2v) is 6.73. The molecule has 5 heteroatoms. The molecular formula is C23H17ClO4. The summed E-state index contributed by atoms with van der Waals surface area (Å²) >= 11 is 6.00. The summed E-state index contributed by atoms with van der Waals surface area (Å²) in [5, 5.41) is 0.602. The summed E-state index contributed by atoms with van der Waals surface area (Å²) < 4.78 is 16.8. The van der Waals surface area contributed by atoms with Crippen LogP contribution in [0.4, 0.5) is 0 Å². The molecule has 0 saturated carbocycles. The van der Waals surface area contributed by atoms with Crippen molar-refractivity contribution in [3.8, 4) is 17.2 Å². The molecule has 0 aliphatic carbocycles. The van der Waals surface area contributed by atoms with Gasteiger partial charge in [0.1, 0.15) is 23.9 Å². The predicted molar refractivity (Wildman–Crippen MR) is 108 cm³/mol. The zero-order chi connectivity index (χ0) is 19.5. The molecule has 3 aromatic carbocycles. The molecule has 1 aliphatic rings. The third-order valence-corrected chi connectivity index (χ3v) is 4.56. The normalized spacial score (nSPS) is 13.9. The number of benzene rings is 3. The molecule has 0 fully saturated rings. The molecule has 1 heterocycles. The maximum Gasteiger partial charge on any atom is 0.231 e. The maximum atomic E-state index is 12.6. The number of methoxy groups -OCH3 is 1. The van der Waals surface area contributed by atoms with Gasteiger partial charge in [0.05, 0.1) is 12.7 Å². The van der Waals surface area contributed by atoms with Gasteiger partial charge in [-0.25, -0.2) is 0 Å². The lowest BCUT2D eigenvalue weighted by Crippen LogP contribution is -1.98. The van der Waals surface area contributed by atoms with Crippen LogP contribution >= 0.6 is 11.6 Å². The molecule has 4 nitrogen and oxygen atoms in total. The van der Waals surface area contributed by atoms with Gasteiger partial charge in [0.25, 0.3) is 0 Å². The Bertz CT molecular complexity index is 1070. The van der Waals surface area contributed by atoms with Crippen molar-refractivity contribution in [2.24, 2.45) is 0 Å². The van der Waals surface area contributed by atoms with Gasteiger partial charge in [-0.1, -0.05) is 35.9 Å². The van der Waals surface area contributed by atoms with Crippen molar-refractivity contribution in [1.29, 1.82) is 0 Å². The highest BCUT2D eigenvalue weighted by atomic mass is 35.5. The van der Waals surface area contributed by atoms with E-state index in [1.807, 2.05) is 36.4 Å². The number of carbonyl (C=O) groups is 1. The molecule has 4 rings (SSSR count). The smallest absolute Gasteiger partial charge is 0.231 e. The molecule has 0 amide bonds. The van der Waals surface area contributed by atoms with Crippen molar-refractivity contribution in [2.45, 2.75) is 6.61 Å². The van der Waals surface area contributed by atoms with Gasteiger partial charge in [-0.05, 0) is 53.6 Å². The lowest BCUT2D eigenvalue weighted by molar-refractivity contribution is 0.101. The molecule has 28 heavy (non-hydrogen) atoms. The Labute approximate surface area is 167 Å². The van der Waals surface area contributed by atoms with Gasteiger partial charge in [0.15, 0.2) is 5.76 Å². The highest BCUT2D eigenvalue weighted by Crippen LogP contribution is 2.35. The average molecular weight is 393 g/mol. The average Bonchev–Trinajstić information content (AvgIpc) is 3.01. The Morgan fingerprint density at radius 2 is 1.86 bits per heavy atom. The summed E-state index contributed by atoms with van der Waals surface area (Å²) in [6, 6.07) is 20.1. The van der Waals surface area contributed by atoms with Crippen molar-refractivity contribution < 1.29 is 19.0 Å². The Kier molecular flexibility index (Phi) is 5.04. The van der Waals surface area contributed by atoms with Gasteiger partial charge in [-0.15, -0.1) is 0 Å². The minimum absolute atomic E-state index is 0.158. The van der Waals surface area contributed by atoms with Gasteiger partial charge in [0.2, 0.25) is 5.78 Å². The number of carbonyl (C=O) groups excluding carboxylic acids is 1. The molecule has 0 bridgehead atoms. The molecule has 0 radical (unpaired) electrons. The SMILES string of the molecule is COc1cccc(COc2ccc3c(c2)O/C(=C\c2cccc(Cl)c2)C3=O)c1. The standard InChI is InChI=1S/C23H17ClO4/c1-26-18-7-3-5-16(11-18)14-27-19-8-9-20-21(13-19)28-22(23(20)25)12-15-4-2-6-17(24)10-15/h2-13H,14H2,1H3/b22-12-. The van der Waals surface area contributed by atoms with Crippen LogP contribution in [0.25, 0.3) is 6.08 Å². The van der Waals surface area contributed by atoms with Gasteiger partial charge >= 0.3 is 0 Å². The Hall–Kier alpha value is -3.24. The van der Waals surface area contributed by atoms with Crippen LogP contribution in [0.3, 0.4) is 0 Å². The first-order valence-electron chi connectivity index (χ1n) is 8.72. The first kappa shape index (κ1) is 18.1. The quantitative estimate of drug-likeness (QED) is 0.534. The van der Waals surface area contributed by atoms with E-state index in [4.69, 9.17) is 25.8 Å². The van der Waals surface area contributed by atoms with Crippen LogP contribution in [0, 0.1) is 0 Å². The summed E-state index contributed by atoms with van der Waals surface area (Å²) in [5.41, 5.74) is 2.30. The number of fused-ring (bicyclic) bond motifs is 1. The highest BCUT2D eigenvalue weighted by Gasteiger charge is 2.27. The Morgan fingerprint density at radius 1 is 1.00 bits per heavy atom. The van der Waals surface area contributed by atoms with Crippen LogP contribution in [0.15, 0.2) is 72.5 Å². The van der Waals surface area contributed by atoms with Crippen molar-refractivity contribution in [3.05, 3.63) is 94.2 Å². The fourth-order valence-electron chi connectivity index (χ4n) is 2.93. The van der Waals surface area contributed by atoms with Crippen LogP contribution in [-0.4, -0.2) is 12.9 Å². The van der Waals surface area contributed by atoms with E-state index in [0.717, 1.165) is 16.9 Å². The number of hydrogen-bond acceptors (Lipinski definition) is 4. The van der Waals surface area contributed by atoms with Crippen molar-refractivity contribution in [1.82, 2.24) is 0 Å². The second kappa shape index (κ2) is 7.79. The lowest BCUT2D eigenvalue weighted by atomic mass is 10.1. The monoisotopic (exact) mass is 392 g/mol. The third kappa shape index (κ3) is 3.87. The van der Waals surface area contributed by atoms with E-state index in [0.29, 0.717) is 28.7 Å². The van der Waals surface area contributed by atoms with E-state index < -0.39 is 0 Å². The molecule has 0 spiro atoms. The van der Waals surface area contributed by atoms with Crippen molar-refractivity contribution >= 4 is 23.5 Å². The predicted octanol–water partition coefficient (Wildman–Crippen LogP) is 5.54. The molecule has 0 aromatic heterocycles. The molecule has 140 valence electrons. The van der Waals surface area contributed by atoms with E-state index in [1.54, 1.807) is 43.5 Å². The molecule has 0 unspecified atom stereocenters.